The van der Waals surface area contributed by atoms with E-state index in [1.165, 1.54) is 0 Å². The topological polar surface area (TPSA) is 37.3 Å². The monoisotopic (exact) mass is 174 g/mol. The molecule has 0 aromatic rings. The summed E-state index contributed by atoms with van der Waals surface area (Å²) in [5.74, 6) is 1.12. The maximum atomic E-state index is 11.7. The number of aliphatic hydroxyl groups excluding tert-OH is 1. The lowest BCUT2D eigenvalue weighted by atomic mass is 9.89. The third kappa shape index (κ3) is 0.671. The number of allylic oxidation sites excluding steroid dienone is 5. The van der Waals surface area contributed by atoms with Gasteiger partial charge in [-0.25, -0.2) is 0 Å². The van der Waals surface area contributed by atoms with Crippen molar-refractivity contribution in [2.24, 2.45) is 23.7 Å². The summed E-state index contributed by atoms with van der Waals surface area (Å²) in [4.78, 5) is 11.7. The van der Waals surface area contributed by atoms with E-state index in [2.05, 4.69) is 18.2 Å². The Hall–Kier alpha value is -1.31. The van der Waals surface area contributed by atoms with E-state index in [4.69, 9.17) is 5.11 Å². The Morgan fingerprint density at radius 1 is 1.15 bits per heavy atom. The predicted octanol–water partition coefficient (Wildman–Crippen LogP) is 1.62. The van der Waals surface area contributed by atoms with E-state index < -0.39 is 0 Å². The molecule has 0 amide bonds. The first-order valence-corrected chi connectivity index (χ1v) is 4.58. The molecule has 2 heteroatoms. The van der Waals surface area contributed by atoms with Crippen molar-refractivity contribution in [3.05, 3.63) is 36.1 Å². The summed E-state index contributed by atoms with van der Waals surface area (Å²) in [5, 5.41) is 8.97. The fourth-order valence-corrected chi connectivity index (χ4v) is 2.86. The van der Waals surface area contributed by atoms with Crippen molar-refractivity contribution < 1.29 is 9.90 Å². The molecule has 0 heterocycles. The summed E-state index contributed by atoms with van der Waals surface area (Å²) in [6.07, 6.45) is 9.29. The second-order valence-corrected chi connectivity index (χ2v) is 3.92. The zero-order valence-corrected chi connectivity index (χ0v) is 7.05. The summed E-state index contributed by atoms with van der Waals surface area (Å²) in [6.45, 7) is 0. The normalized spacial score (nSPS) is 48.0. The van der Waals surface area contributed by atoms with E-state index in [0.717, 1.165) is 6.26 Å². The van der Waals surface area contributed by atoms with E-state index >= 15 is 0 Å². The van der Waals surface area contributed by atoms with E-state index in [-0.39, 0.29) is 17.6 Å². The lowest BCUT2D eigenvalue weighted by Gasteiger charge is -2.12. The van der Waals surface area contributed by atoms with E-state index in [1.54, 1.807) is 0 Å². The number of hydrogen-bond donors (Lipinski definition) is 1. The molecular formula is C11H10O2. The first-order valence-electron chi connectivity index (χ1n) is 4.58. The Balaban J connectivity index is 2.14. The van der Waals surface area contributed by atoms with Crippen LogP contribution < -0.4 is 0 Å². The van der Waals surface area contributed by atoms with Gasteiger partial charge in [-0.2, -0.15) is 0 Å². The Labute approximate surface area is 76.3 Å². The van der Waals surface area contributed by atoms with Crippen LogP contribution in [0.4, 0.5) is 0 Å². The number of hydrogen-bond acceptors (Lipinski definition) is 2. The zero-order valence-electron chi connectivity index (χ0n) is 7.05. The van der Waals surface area contributed by atoms with Crippen LogP contribution in [0.15, 0.2) is 36.1 Å². The van der Waals surface area contributed by atoms with Gasteiger partial charge in [0.05, 0.1) is 6.26 Å². The quantitative estimate of drug-likeness (QED) is 0.344. The molecule has 0 saturated heterocycles. The van der Waals surface area contributed by atoms with Crippen molar-refractivity contribution in [2.75, 3.05) is 0 Å². The highest BCUT2D eigenvalue weighted by atomic mass is 16.2. The van der Waals surface area contributed by atoms with E-state index in [0.29, 0.717) is 17.4 Å². The SMILES string of the molecule is O=C1/C(=C\O)[C@@H]2C=C[C@H]3C=C[C@H]1[C@H]32. The highest BCUT2D eigenvalue weighted by molar-refractivity contribution is 6.02. The predicted molar refractivity (Wildman–Crippen MR) is 48.0 cm³/mol. The maximum Gasteiger partial charge on any atom is 0.169 e. The average Bonchev–Trinajstić information content (AvgIpc) is 2.71. The summed E-state index contributed by atoms with van der Waals surface area (Å²) in [7, 11) is 0. The van der Waals surface area contributed by atoms with Gasteiger partial charge < -0.3 is 5.11 Å². The number of carbonyl (C=O) groups is 1. The van der Waals surface area contributed by atoms with E-state index in [9.17, 15) is 4.79 Å². The van der Waals surface area contributed by atoms with Crippen molar-refractivity contribution in [3.63, 3.8) is 0 Å². The summed E-state index contributed by atoms with van der Waals surface area (Å²) in [6, 6.07) is 0. The number of Topliss-reactive ketones (excluding diaryl/α,β-unsaturated/α-hetero) is 1. The highest BCUT2D eigenvalue weighted by Crippen LogP contribution is 2.52. The summed E-state index contributed by atoms with van der Waals surface area (Å²) >= 11 is 0. The third-order valence-electron chi connectivity index (χ3n) is 3.44. The van der Waals surface area contributed by atoms with Gasteiger partial charge in [0.25, 0.3) is 0 Å². The molecular weight excluding hydrogens is 164 g/mol. The minimum Gasteiger partial charge on any atom is -0.515 e. The number of ketones is 1. The fourth-order valence-electron chi connectivity index (χ4n) is 2.86. The van der Waals surface area contributed by atoms with Crippen molar-refractivity contribution in [1.29, 1.82) is 0 Å². The van der Waals surface area contributed by atoms with Gasteiger partial charge in [0.1, 0.15) is 0 Å². The van der Waals surface area contributed by atoms with Crippen LogP contribution in [0.2, 0.25) is 0 Å². The summed E-state index contributed by atoms with van der Waals surface area (Å²) < 4.78 is 0. The van der Waals surface area contributed by atoms with Crippen LogP contribution in [0.5, 0.6) is 0 Å². The Morgan fingerprint density at radius 3 is 2.54 bits per heavy atom. The molecule has 0 bridgehead atoms. The minimum absolute atomic E-state index is 0.0309. The molecule has 4 atom stereocenters. The van der Waals surface area contributed by atoms with Crippen LogP contribution in [0.3, 0.4) is 0 Å². The number of aliphatic hydroxyl groups is 1. The van der Waals surface area contributed by atoms with Crippen LogP contribution >= 0.6 is 0 Å². The number of carbonyl (C=O) groups excluding carboxylic acids is 1. The van der Waals surface area contributed by atoms with Gasteiger partial charge >= 0.3 is 0 Å². The maximum absolute atomic E-state index is 11.7. The minimum atomic E-state index is 0.0309. The highest BCUT2D eigenvalue weighted by Gasteiger charge is 2.51. The Bertz CT molecular complexity index is 362. The third-order valence-corrected chi connectivity index (χ3v) is 3.44. The molecule has 2 nitrogen and oxygen atoms in total. The first kappa shape index (κ1) is 7.13. The van der Waals surface area contributed by atoms with Crippen LogP contribution in [0, 0.1) is 23.7 Å². The van der Waals surface area contributed by atoms with E-state index in [1.807, 2.05) is 6.08 Å². The molecule has 66 valence electrons. The molecule has 3 aliphatic carbocycles. The molecule has 1 fully saturated rings. The Kier molecular flexibility index (Phi) is 1.17. The van der Waals surface area contributed by atoms with Crippen LogP contribution in [-0.2, 0) is 4.79 Å². The molecule has 0 unspecified atom stereocenters. The molecule has 0 aliphatic heterocycles. The van der Waals surface area contributed by atoms with Gasteiger partial charge in [-0.3, -0.25) is 4.79 Å². The number of rotatable bonds is 0. The smallest absolute Gasteiger partial charge is 0.169 e. The molecule has 3 rings (SSSR count). The van der Waals surface area contributed by atoms with Crippen molar-refractivity contribution >= 4 is 5.78 Å². The van der Waals surface area contributed by atoms with Gasteiger partial charge in [-0.05, 0) is 11.8 Å². The van der Waals surface area contributed by atoms with Crippen molar-refractivity contribution in [3.8, 4) is 0 Å². The summed E-state index contributed by atoms with van der Waals surface area (Å²) in [5.41, 5.74) is 0.595. The van der Waals surface area contributed by atoms with Gasteiger partial charge in [0.2, 0.25) is 0 Å². The molecule has 0 spiro atoms. The van der Waals surface area contributed by atoms with Crippen LogP contribution in [-0.4, -0.2) is 10.9 Å². The first-order chi connectivity index (χ1) is 6.33. The van der Waals surface area contributed by atoms with Gasteiger partial charge in [0, 0.05) is 17.4 Å². The molecule has 1 N–H and O–H groups in total. The largest absolute Gasteiger partial charge is 0.515 e. The van der Waals surface area contributed by atoms with Crippen molar-refractivity contribution in [1.82, 2.24) is 0 Å². The lowest BCUT2D eigenvalue weighted by molar-refractivity contribution is -0.117. The second-order valence-electron chi connectivity index (χ2n) is 3.92. The molecule has 3 aliphatic rings. The zero-order chi connectivity index (χ0) is 9.00. The second kappa shape index (κ2) is 2.13. The van der Waals surface area contributed by atoms with Crippen LogP contribution in [0.25, 0.3) is 0 Å². The van der Waals surface area contributed by atoms with Gasteiger partial charge in [-0.15, -0.1) is 0 Å². The van der Waals surface area contributed by atoms with Gasteiger partial charge in [-0.1, -0.05) is 24.3 Å². The van der Waals surface area contributed by atoms with Crippen molar-refractivity contribution in [2.45, 2.75) is 0 Å². The molecule has 1 saturated carbocycles. The molecule has 0 aromatic heterocycles. The lowest BCUT2D eigenvalue weighted by Crippen LogP contribution is -2.12. The molecule has 0 radical (unpaired) electrons. The van der Waals surface area contributed by atoms with Gasteiger partial charge in [0.15, 0.2) is 5.78 Å². The Morgan fingerprint density at radius 2 is 1.85 bits per heavy atom. The molecule has 13 heavy (non-hydrogen) atoms. The average molecular weight is 174 g/mol. The fraction of sp³-hybridized carbons (Fsp3) is 0.364. The van der Waals surface area contributed by atoms with Crippen LogP contribution in [0.1, 0.15) is 0 Å². The standard InChI is InChI=1S/C11H10O2/c12-5-9-7-3-1-6-2-4-8(10(6)7)11(9)13/h1-8,10,12H/b9-5-/t6-,7-,8-,10+/m0/s1. The molecule has 0 aromatic carbocycles.